The molecule has 0 spiro atoms. The molecule has 4 N–H and O–H groups in total. The summed E-state index contributed by atoms with van der Waals surface area (Å²) in [7, 11) is 0. The Labute approximate surface area is 162 Å². The van der Waals surface area contributed by atoms with Gasteiger partial charge in [-0.2, -0.15) is 0 Å². The van der Waals surface area contributed by atoms with Crippen LogP contribution in [-0.4, -0.2) is 17.9 Å². The first-order valence-corrected chi connectivity index (χ1v) is 9.20. The van der Waals surface area contributed by atoms with Crippen LogP contribution in [0.5, 0.6) is 0 Å². The third-order valence-corrected chi connectivity index (χ3v) is 4.85. The molecule has 0 aliphatic heterocycles. The molecule has 0 saturated heterocycles. The van der Waals surface area contributed by atoms with Gasteiger partial charge in [0.05, 0.1) is 6.04 Å². The maximum absolute atomic E-state index is 12.3. The molecule has 6 heteroatoms. The second kappa shape index (κ2) is 9.93. The summed E-state index contributed by atoms with van der Waals surface area (Å²) in [6, 6.07) is 7.05. The number of anilines is 1. The van der Waals surface area contributed by atoms with Crippen LogP contribution in [0.15, 0.2) is 24.3 Å². The van der Waals surface area contributed by atoms with E-state index in [0.717, 1.165) is 36.9 Å². The lowest BCUT2D eigenvalue weighted by Gasteiger charge is -2.25. The maximum Gasteiger partial charge on any atom is 0.237 e. The van der Waals surface area contributed by atoms with Crippen molar-refractivity contribution in [1.82, 2.24) is 5.32 Å². The van der Waals surface area contributed by atoms with Crippen LogP contribution in [0.3, 0.4) is 0 Å². The van der Waals surface area contributed by atoms with Gasteiger partial charge >= 0.3 is 0 Å². The molecule has 1 aromatic carbocycles. The zero-order valence-electron chi connectivity index (χ0n) is 16.0. The normalized spacial score (nSPS) is 16.3. The second-order valence-corrected chi connectivity index (χ2v) is 8.09. The minimum atomic E-state index is -0.554. The highest BCUT2D eigenvalue weighted by molar-refractivity contribution is 5.92. The van der Waals surface area contributed by atoms with Gasteiger partial charge in [0.1, 0.15) is 0 Å². The molecule has 1 aromatic rings. The van der Waals surface area contributed by atoms with E-state index in [2.05, 4.69) is 10.6 Å². The highest BCUT2D eigenvalue weighted by Gasteiger charge is 2.27. The summed E-state index contributed by atoms with van der Waals surface area (Å²) in [6.45, 7) is 6.23. The molecular weight excluding hydrogens is 350 g/mol. The number of rotatable bonds is 5. The Morgan fingerprint density at radius 1 is 1.19 bits per heavy atom. The summed E-state index contributed by atoms with van der Waals surface area (Å²) in [6.07, 6.45) is 5.46. The third kappa shape index (κ3) is 6.61. The number of nitrogens with one attached hydrogen (secondary N) is 2. The summed E-state index contributed by atoms with van der Waals surface area (Å²) in [5.41, 5.74) is 7.41. The van der Waals surface area contributed by atoms with Crippen LogP contribution in [0.1, 0.15) is 58.4 Å². The van der Waals surface area contributed by atoms with Gasteiger partial charge in [-0.15, -0.1) is 12.4 Å². The molecule has 1 saturated carbocycles. The van der Waals surface area contributed by atoms with E-state index in [9.17, 15) is 9.59 Å². The summed E-state index contributed by atoms with van der Waals surface area (Å²) < 4.78 is 0. The number of carbonyl (C=O) groups is 2. The molecule has 0 aromatic heterocycles. The van der Waals surface area contributed by atoms with Gasteiger partial charge in [0.15, 0.2) is 0 Å². The molecule has 1 aliphatic rings. The zero-order valence-corrected chi connectivity index (χ0v) is 16.8. The fourth-order valence-corrected chi connectivity index (χ4v) is 3.06. The fourth-order valence-electron chi connectivity index (χ4n) is 3.06. The Hall–Kier alpha value is -1.59. The van der Waals surface area contributed by atoms with E-state index in [1.165, 1.54) is 6.42 Å². The van der Waals surface area contributed by atoms with E-state index in [4.69, 9.17) is 5.73 Å². The Balaban J connectivity index is 0.00000338. The van der Waals surface area contributed by atoms with Gasteiger partial charge in [-0.1, -0.05) is 52.2 Å². The van der Waals surface area contributed by atoms with Gasteiger partial charge in [-0.05, 0) is 36.0 Å². The smallest absolute Gasteiger partial charge is 0.237 e. The maximum atomic E-state index is 12.3. The van der Waals surface area contributed by atoms with Crippen LogP contribution in [0.25, 0.3) is 0 Å². The molecule has 1 atom stereocenters. The molecule has 2 amide bonds. The van der Waals surface area contributed by atoms with Gasteiger partial charge in [-0.3, -0.25) is 9.59 Å². The van der Waals surface area contributed by atoms with E-state index in [0.29, 0.717) is 6.54 Å². The quantitative estimate of drug-likeness (QED) is 0.728. The van der Waals surface area contributed by atoms with E-state index >= 15 is 0 Å². The molecule has 0 bridgehead atoms. The molecule has 0 radical (unpaired) electrons. The first kappa shape index (κ1) is 22.5. The fraction of sp³-hybridized carbons (Fsp3) is 0.600. The number of carbonyl (C=O) groups excluding carboxylic acids is 2. The molecule has 2 rings (SSSR count). The average molecular weight is 382 g/mol. The summed E-state index contributed by atoms with van der Waals surface area (Å²) >= 11 is 0. The van der Waals surface area contributed by atoms with Crippen molar-refractivity contribution in [2.45, 2.75) is 65.5 Å². The average Bonchev–Trinajstić information content (AvgIpc) is 2.59. The van der Waals surface area contributed by atoms with Gasteiger partial charge in [0, 0.05) is 18.2 Å². The molecule has 1 fully saturated rings. The van der Waals surface area contributed by atoms with Crippen molar-refractivity contribution in [1.29, 1.82) is 0 Å². The highest BCUT2D eigenvalue weighted by Crippen LogP contribution is 2.25. The standard InChI is InChI=1S/C20H31N3O2.ClH/c1-20(2,3)17(21)19(25)22-13-14-8-7-11-16(12-14)23-18(24)15-9-5-4-6-10-15;/h7-8,11-12,15,17H,4-6,9-10,13,21H2,1-3H3,(H,22,25)(H,23,24);1H/t17-;/m1./s1. The van der Waals surface area contributed by atoms with Gasteiger partial charge in [0.2, 0.25) is 11.8 Å². The molecular formula is C20H32ClN3O2. The molecule has 1 aliphatic carbocycles. The van der Waals surface area contributed by atoms with Crippen molar-refractivity contribution in [3.63, 3.8) is 0 Å². The largest absolute Gasteiger partial charge is 0.351 e. The topological polar surface area (TPSA) is 84.2 Å². The Kier molecular flexibility index (Phi) is 8.57. The van der Waals surface area contributed by atoms with Gasteiger partial charge in [0.25, 0.3) is 0 Å². The lowest BCUT2D eigenvalue weighted by Crippen LogP contribution is -2.48. The van der Waals surface area contributed by atoms with Crippen molar-refractivity contribution >= 4 is 29.9 Å². The first-order valence-electron chi connectivity index (χ1n) is 9.20. The highest BCUT2D eigenvalue weighted by atomic mass is 35.5. The van der Waals surface area contributed by atoms with Gasteiger partial charge < -0.3 is 16.4 Å². The van der Waals surface area contributed by atoms with E-state index < -0.39 is 6.04 Å². The van der Waals surface area contributed by atoms with Crippen molar-refractivity contribution in [2.75, 3.05) is 5.32 Å². The third-order valence-electron chi connectivity index (χ3n) is 4.85. The van der Waals surface area contributed by atoms with E-state index in [1.54, 1.807) is 0 Å². The minimum Gasteiger partial charge on any atom is -0.351 e. The number of hydrogen-bond acceptors (Lipinski definition) is 3. The van der Waals surface area contributed by atoms with Crippen LogP contribution in [-0.2, 0) is 16.1 Å². The van der Waals surface area contributed by atoms with E-state index in [1.807, 2.05) is 45.0 Å². The first-order chi connectivity index (χ1) is 11.8. The SMILES string of the molecule is CC(C)(C)[C@H](N)C(=O)NCc1cccc(NC(=O)C2CCCCC2)c1.Cl. The lowest BCUT2D eigenvalue weighted by molar-refractivity contribution is -0.124. The second-order valence-electron chi connectivity index (χ2n) is 8.09. The van der Waals surface area contributed by atoms with Crippen LogP contribution < -0.4 is 16.4 Å². The van der Waals surface area contributed by atoms with Crippen LogP contribution in [0, 0.1) is 11.3 Å². The zero-order chi connectivity index (χ0) is 18.4. The Bertz CT molecular complexity index is 607. The summed E-state index contributed by atoms with van der Waals surface area (Å²) in [5, 5.41) is 5.88. The molecule has 26 heavy (non-hydrogen) atoms. The molecule has 0 unspecified atom stereocenters. The monoisotopic (exact) mass is 381 g/mol. The predicted octanol–water partition coefficient (Wildman–Crippen LogP) is 3.62. The van der Waals surface area contributed by atoms with Crippen LogP contribution >= 0.6 is 12.4 Å². The van der Waals surface area contributed by atoms with Crippen LogP contribution in [0.2, 0.25) is 0 Å². The number of halogens is 1. The Morgan fingerprint density at radius 2 is 1.85 bits per heavy atom. The molecule has 146 valence electrons. The van der Waals surface area contributed by atoms with Crippen molar-refractivity contribution in [2.24, 2.45) is 17.1 Å². The van der Waals surface area contributed by atoms with Crippen molar-refractivity contribution in [3.8, 4) is 0 Å². The lowest BCUT2D eigenvalue weighted by atomic mass is 9.87. The Morgan fingerprint density at radius 3 is 2.46 bits per heavy atom. The summed E-state index contributed by atoms with van der Waals surface area (Å²) in [4.78, 5) is 24.5. The number of hydrogen-bond donors (Lipinski definition) is 3. The van der Waals surface area contributed by atoms with Crippen LogP contribution in [0.4, 0.5) is 5.69 Å². The minimum absolute atomic E-state index is 0. The number of nitrogens with two attached hydrogens (primary N) is 1. The van der Waals surface area contributed by atoms with E-state index in [-0.39, 0.29) is 35.6 Å². The van der Waals surface area contributed by atoms with Crippen molar-refractivity contribution < 1.29 is 9.59 Å². The van der Waals surface area contributed by atoms with Crippen molar-refractivity contribution in [3.05, 3.63) is 29.8 Å². The molecule has 0 heterocycles. The number of amides is 2. The van der Waals surface area contributed by atoms with Gasteiger partial charge in [-0.25, -0.2) is 0 Å². The predicted molar refractivity (Wildman–Crippen MR) is 108 cm³/mol. The number of benzene rings is 1. The summed E-state index contributed by atoms with van der Waals surface area (Å²) in [5.74, 6) is 0.0710. The molecule has 5 nitrogen and oxygen atoms in total.